The Balaban J connectivity index is 1.76. The molecule has 0 saturated heterocycles. The number of aromatic amines is 1. The summed E-state index contributed by atoms with van der Waals surface area (Å²) in [5, 5.41) is 1.27. The van der Waals surface area contributed by atoms with E-state index >= 15 is 0 Å². The summed E-state index contributed by atoms with van der Waals surface area (Å²) in [6.07, 6.45) is 4.87. The molecule has 2 atom stereocenters. The third-order valence-corrected chi connectivity index (χ3v) is 5.13. The van der Waals surface area contributed by atoms with Crippen LogP contribution >= 0.6 is 0 Å². The van der Waals surface area contributed by atoms with Crippen LogP contribution in [0.1, 0.15) is 54.7 Å². The molecular weight excluding hydrogens is 282 g/mol. The largest absolute Gasteiger partial charge is 0.361 e. The third kappa shape index (κ3) is 2.59. The van der Waals surface area contributed by atoms with Gasteiger partial charge in [0.25, 0.3) is 0 Å². The molecular formula is C21H21NO. The molecule has 2 aromatic carbocycles. The van der Waals surface area contributed by atoms with E-state index in [0.29, 0.717) is 18.3 Å². The lowest BCUT2D eigenvalue weighted by molar-refractivity contribution is -0.117. The molecule has 23 heavy (non-hydrogen) atoms. The van der Waals surface area contributed by atoms with Crippen molar-refractivity contribution in [3.05, 3.63) is 71.4 Å². The van der Waals surface area contributed by atoms with Crippen molar-refractivity contribution in [1.82, 2.24) is 4.98 Å². The van der Waals surface area contributed by atoms with E-state index in [0.717, 1.165) is 12.8 Å². The van der Waals surface area contributed by atoms with Crippen molar-refractivity contribution in [3.8, 4) is 0 Å². The van der Waals surface area contributed by atoms with Crippen molar-refractivity contribution in [2.45, 2.75) is 38.0 Å². The molecule has 1 aliphatic carbocycles. The number of fused-ring (bicyclic) bond motifs is 2. The van der Waals surface area contributed by atoms with E-state index in [1.807, 2.05) is 6.20 Å². The van der Waals surface area contributed by atoms with E-state index in [1.165, 1.54) is 27.6 Å². The second-order valence-electron chi connectivity index (χ2n) is 6.69. The molecule has 4 rings (SSSR count). The number of ketones is 1. The van der Waals surface area contributed by atoms with Crippen LogP contribution in [0.2, 0.25) is 0 Å². The van der Waals surface area contributed by atoms with E-state index in [4.69, 9.17) is 0 Å². The number of carbonyl (C=O) groups excluding carboxylic acids is 1. The molecule has 2 heteroatoms. The highest BCUT2D eigenvalue weighted by Crippen LogP contribution is 2.43. The first-order valence-corrected chi connectivity index (χ1v) is 8.37. The minimum Gasteiger partial charge on any atom is -0.361 e. The fraction of sp³-hybridized carbons (Fsp3) is 0.286. The number of nitrogens with one attached hydrogen (secondary N) is 1. The molecule has 1 unspecified atom stereocenters. The molecule has 0 spiro atoms. The topological polar surface area (TPSA) is 32.9 Å². The zero-order valence-electron chi connectivity index (χ0n) is 13.4. The van der Waals surface area contributed by atoms with Crippen LogP contribution in [-0.2, 0) is 4.79 Å². The summed E-state index contributed by atoms with van der Waals surface area (Å²) in [4.78, 5) is 14.8. The molecule has 1 N–H and O–H groups in total. The van der Waals surface area contributed by atoms with Crippen LogP contribution in [-0.4, -0.2) is 10.8 Å². The number of hydrogen-bond donors (Lipinski definition) is 1. The quantitative estimate of drug-likeness (QED) is 0.712. The number of benzene rings is 2. The van der Waals surface area contributed by atoms with Crippen molar-refractivity contribution >= 4 is 16.7 Å². The van der Waals surface area contributed by atoms with Gasteiger partial charge in [-0.15, -0.1) is 0 Å². The van der Waals surface area contributed by atoms with E-state index in [1.54, 1.807) is 6.92 Å². The van der Waals surface area contributed by atoms with Gasteiger partial charge in [-0.3, -0.25) is 0 Å². The van der Waals surface area contributed by atoms with Gasteiger partial charge < -0.3 is 9.78 Å². The number of aromatic nitrogens is 1. The van der Waals surface area contributed by atoms with E-state index in [9.17, 15) is 4.79 Å². The van der Waals surface area contributed by atoms with Gasteiger partial charge in [0, 0.05) is 24.1 Å². The minimum atomic E-state index is 0.289. The normalized spacial score (nSPS) is 20.4. The molecule has 1 aromatic heterocycles. The molecule has 0 radical (unpaired) electrons. The Morgan fingerprint density at radius 3 is 2.74 bits per heavy atom. The van der Waals surface area contributed by atoms with Crippen LogP contribution in [0.5, 0.6) is 0 Å². The molecule has 3 aromatic rings. The molecule has 0 saturated carbocycles. The van der Waals surface area contributed by atoms with E-state index in [2.05, 4.69) is 53.5 Å². The molecule has 0 amide bonds. The number of hydrogen-bond acceptors (Lipinski definition) is 1. The van der Waals surface area contributed by atoms with Gasteiger partial charge in [-0.2, -0.15) is 0 Å². The molecule has 2 nitrogen and oxygen atoms in total. The summed E-state index contributed by atoms with van der Waals surface area (Å²) in [6.45, 7) is 1.70. The lowest BCUT2D eigenvalue weighted by atomic mass is 9.72. The van der Waals surface area contributed by atoms with Crippen LogP contribution in [0.3, 0.4) is 0 Å². The van der Waals surface area contributed by atoms with Gasteiger partial charge in [0.15, 0.2) is 0 Å². The zero-order chi connectivity index (χ0) is 15.8. The Hall–Kier alpha value is -2.35. The Labute approximate surface area is 136 Å². The summed E-state index contributed by atoms with van der Waals surface area (Å²) in [7, 11) is 0. The lowest BCUT2D eigenvalue weighted by Gasteiger charge is -2.31. The smallest absolute Gasteiger partial charge is 0.130 e. The van der Waals surface area contributed by atoms with Crippen molar-refractivity contribution in [1.29, 1.82) is 0 Å². The van der Waals surface area contributed by atoms with Crippen LogP contribution in [0.25, 0.3) is 10.9 Å². The monoisotopic (exact) mass is 303 g/mol. The van der Waals surface area contributed by atoms with Crippen LogP contribution in [0.4, 0.5) is 0 Å². The standard InChI is InChI=1S/C21H21NO/c1-14(23)12-15-6-8-19(20-5-3-2-4-18(15)20)16-7-9-21-17(13-16)10-11-22-21/h2-5,7,9-11,13,15,19,22H,6,8,12H2,1H3/t15-,19?/m0/s1. The molecule has 0 fully saturated rings. The average molecular weight is 303 g/mol. The molecule has 1 aliphatic rings. The summed E-state index contributed by atoms with van der Waals surface area (Å²) >= 11 is 0. The summed E-state index contributed by atoms with van der Waals surface area (Å²) in [6, 6.07) is 17.5. The molecule has 0 bridgehead atoms. The lowest BCUT2D eigenvalue weighted by Crippen LogP contribution is -2.17. The third-order valence-electron chi connectivity index (χ3n) is 5.13. The number of carbonyl (C=O) groups is 1. The first kappa shape index (κ1) is 14.3. The van der Waals surface area contributed by atoms with Gasteiger partial charge in [-0.1, -0.05) is 30.3 Å². The van der Waals surface area contributed by atoms with E-state index in [-0.39, 0.29) is 5.78 Å². The van der Waals surface area contributed by atoms with E-state index < -0.39 is 0 Å². The SMILES string of the molecule is CC(=O)C[C@@H]1CCC(c2ccc3[nH]ccc3c2)c2ccccc21. The Morgan fingerprint density at radius 1 is 1.09 bits per heavy atom. The van der Waals surface area contributed by atoms with Crippen molar-refractivity contribution < 1.29 is 4.79 Å². The fourth-order valence-electron chi connectivity index (χ4n) is 4.07. The highest BCUT2D eigenvalue weighted by atomic mass is 16.1. The maximum atomic E-state index is 11.6. The first-order chi connectivity index (χ1) is 11.2. The maximum absolute atomic E-state index is 11.6. The summed E-state index contributed by atoms with van der Waals surface area (Å²) in [5.74, 6) is 1.11. The summed E-state index contributed by atoms with van der Waals surface area (Å²) < 4.78 is 0. The first-order valence-electron chi connectivity index (χ1n) is 8.37. The Bertz CT molecular complexity index is 861. The highest BCUT2D eigenvalue weighted by molar-refractivity contribution is 5.80. The van der Waals surface area contributed by atoms with Crippen molar-refractivity contribution in [2.24, 2.45) is 0 Å². The molecule has 116 valence electrons. The summed E-state index contributed by atoms with van der Waals surface area (Å²) in [5.41, 5.74) is 5.34. The van der Waals surface area contributed by atoms with Gasteiger partial charge in [0.05, 0.1) is 0 Å². The predicted molar refractivity (Wildman–Crippen MR) is 93.9 cm³/mol. The maximum Gasteiger partial charge on any atom is 0.130 e. The number of Topliss-reactive ketones (excluding diaryl/α,β-unsaturated/α-hetero) is 1. The van der Waals surface area contributed by atoms with Crippen LogP contribution < -0.4 is 0 Å². The van der Waals surface area contributed by atoms with Gasteiger partial charge in [0.1, 0.15) is 5.78 Å². The molecule has 1 heterocycles. The predicted octanol–water partition coefficient (Wildman–Crippen LogP) is 5.16. The number of rotatable bonds is 3. The fourth-order valence-corrected chi connectivity index (χ4v) is 4.07. The van der Waals surface area contributed by atoms with Gasteiger partial charge in [0.2, 0.25) is 0 Å². The van der Waals surface area contributed by atoms with Gasteiger partial charge in [-0.05, 0) is 66.0 Å². The van der Waals surface area contributed by atoms with Gasteiger partial charge in [-0.25, -0.2) is 0 Å². The minimum absolute atomic E-state index is 0.289. The zero-order valence-corrected chi connectivity index (χ0v) is 13.4. The second-order valence-corrected chi connectivity index (χ2v) is 6.69. The Kier molecular flexibility index (Phi) is 3.53. The molecule has 0 aliphatic heterocycles. The van der Waals surface area contributed by atoms with Crippen molar-refractivity contribution in [3.63, 3.8) is 0 Å². The highest BCUT2D eigenvalue weighted by Gasteiger charge is 2.28. The van der Waals surface area contributed by atoms with Crippen molar-refractivity contribution in [2.75, 3.05) is 0 Å². The number of H-pyrrole nitrogens is 1. The van der Waals surface area contributed by atoms with Gasteiger partial charge >= 0.3 is 0 Å². The van der Waals surface area contributed by atoms with Crippen LogP contribution in [0, 0.1) is 0 Å². The second kappa shape index (κ2) is 5.69. The Morgan fingerprint density at radius 2 is 1.91 bits per heavy atom. The van der Waals surface area contributed by atoms with Crippen LogP contribution in [0.15, 0.2) is 54.7 Å². The average Bonchev–Trinajstić information content (AvgIpc) is 3.02.